The van der Waals surface area contributed by atoms with Gasteiger partial charge in [-0.2, -0.15) is 0 Å². The van der Waals surface area contributed by atoms with Crippen molar-refractivity contribution in [2.24, 2.45) is 5.73 Å². The molecule has 1 atom stereocenters. The maximum atomic E-state index is 13.2. The molecular formula is C14H19FN2. The lowest BCUT2D eigenvalue weighted by Crippen LogP contribution is -2.25. The largest absolute Gasteiger partial charge is 0.364 e. The topological polar surface area (TPSA) is 29.3 Å². The van der Waals surface area contributed by atoms with E-state index in [1.165, 1.54) is 12.1 Å². The molecule has 3 heteroatoms. The van der Waals surface area contributed by atoms with Gasteiger partial charge in [0.25, 0.3) is 0 Å². The van der Waals surface area contributed by atoms with Gasteiger partial charge in [-0.1, -0.05) is 12.2 Å². The highest BCUT2D eigenvalue weighted by Gasteiger charge is 2.12. The summed E-state index contributed by atoms with van der Waals surface area (Å²) in [7, 11) is 0. The lowest BCUT2D eigenvalue weighted by Gasteiger charge is -2.26. The quantitative estimate of drug-likeness (QED) is 0.767. The molecule has 0 saturated heterocycles. The van der Waals surface area contributed by atoms with Crippen molar-refractivity contribution < 1.29 is 4.39 Å². The molecule has 0 amide bonds. The van der Waals surface area contributed by atoms with Crippen molar-refractivity contribution in [3.8, 4) is 0 Å². The van der Waals surface area contributed by atoms with Crippen LogP contribution in [0.5, 0.6) is 0 Å². The molecule has 2 nitrogen and oxygen atoms in total. The average molecular weight is 234 g/mol. The minimum absolute atomic E-state index is 0.210. The van der Waals surface area contributed by atoms with Crippen LogP contribution >= 0.6 is 0 Å². The van der Waals surface area contributed by atoms with Crippen LogP contribution in [-0.2, 0) is 0 Å². The van der Waals surface area contributed by atoms with Crippen LogP contribution < -0.4 is 10.6 Å². The molecule has 0 spiro atoms. The minimum atomic E-state index is -0.266. The lowest BCUT2D eigenvalue weighted by molar-refractivity contribution is 0.622. The number of anilines is 1. The summed E-state index contributed by atoms with van der Waals surface area (Å²) in [6.07, 6.45) is 3.61. The van der Waals surface area contributed by atoms with E-state index in [1.54, 1.807) is 18.2 Å². The van der Waals surface area contributed by atoms with Crippen LogP contribution in [0.15, 0.2) is 43.5 Å². The van der Waals surface area contributed by atoms with E-state index in [0.717, 1.165) is 11.3 Å². The molecular weight excluding hydrogens is 215 g/mol. The first-order chi connectivity index (χ1) is 8.10. The zero-order chi connectivity index (χ0) is 12.8. The maximum Gasteiger partial charge on any atom is 0.123 e. The second-order valence-corrected chi connectivity index (χ2v) is 3.97. The summed E-state index contributed by atoms with van der Waals surface area (Å²) in [4.78, 5) is 2.05. The van der Waals surface area contributed by atoms with Crippen LogP contribution in [0.25, 0.3) is 0 Å². The molecule has 0 unspecified atom stereocenters. The van der Waals surface area contributed by atoms with Gasteiger partial charge in [0, 0.05) is 24.8 Å². The van der Waals surface area contributed by atoms with Gasteiger partial charge in [-0.3, -0.25) is 0 Å². The van der Waals surface area contributed by atoms with Crippen molar-refractivity contribution in [1.29, 1.82) is 0 Å². The van der Waals surface area contributed by atoms with Crippen LogP contribution in [0, 0.1) is 5.82 Å². The molecule has 0 aliphatic heterocycles. The van der Waals surface area contributed by atoms with Crippen molar-refractivity contribution in [3.05, 3.63) is 54.9 Å². The summed E-state index contributed by atoms with van der Waals surface area (Å²) < 4.78 is 13.2. The Bertz CT molecular complexity index is 389. The molecule has 1 aromatic rings. The predicted octanol–water partition coefficient (Wildman–Crippen LogP) is 3.02. The van der Waals surface area contributed by atoms with E-state index in [-0.39, 0.29) is 11.9 Å². The van der Waals surface area contributed by atoms with Gasteiger partial charge in [-0.05, 0) is 30.7 Å². The molecule has 0 aliphatic carbocycles. The fourth-order valence-corrected chi connectivity index (χ4v) is 1.76. The Morgan fingerprint density at radius 1 is 1.35 bits per heavy atom. The summed E-state index contributed by atoms with van der Waals surface area (Å²) in [5.74, 6) is -0.266. The Labute approximate surface area is 102 Å². The van der Waals surface area contributed by atoms with E-state index >= 15 is 0 Å². The molecule has 17 heavy (non-hydrogen) atoms. The summed E-state index contributed by atoms with van der Waals surface area (Å²) in [6.45, 7) is 10.6. The maximum absolute atomic E-state index is 13.2. The van der Waals surface area contributed by atoms with E-state index in [2.05, 4.69) is 18.1 Å². The van der Waals surface area contributed by atoms with E-state index in [1.807, 2.05) is 6.92 Å². The van der Waals surface area contributed by atoms with Crippen molar-refractivity contribution in [1.82, 2.24) is 0 Å². The van der Waals surface area contributed by atoms with Gasteiger partial charge in [0.1, 0.15) is 5.82 Å². The number of benzene rings is 1. The molecule has 0 bridgehead atoms. The van der Waals surface area contributed by atoms with Crippen LogP contribution in [-0.4, -0.2) is 13.1 Å². The summed E-state index contributed by atoms with van der Waals surface area (Å²) >= 11 is 0. The molecule has 2 N–H and O–H groups in total. The van der Waals surface area contributed by atoms with Crippen molar-refractivity contribution in [2.75, 3.05) is 18.0 Å². The highest BCUT2D eigenvalue weighted by molar-refractivity contribution is 5.56. The summed E-state index contributed by atoms with van der Waals surface area (Å²) in [5, 5.41) is 0. The SMILES string of the molecule is C=CCN(CC=C)c1ccc(F)cc1[C@@H](C)N. The number of rotatable bonds is 6. The van der Waals surface area contributed by atoms with E-state index < -0.39 is 0 Å². The normalized spacial score (nSPS) is 11.9. The fraction of sp³-hybridized carbons (Fsp3) is 0.286. The third kappa shape index (κ3) is 3.43. The standard InChI is InChI=1S/C14H19FN2/c1-4-8-17(9-5-2)14-7-6-12(15)10-13(14)11(3)16/h4-7,10-11H,1-2,8-9,16H2,3H3/t11-/m1/s1. The molecule has 1 rings (SSSR count). The molecule has 0 heterocycles. The van der Waals surface area contributed by atoms with Gasteiger partial charge in [0.15, 0.2) is 0 Å². The Balaban J connectivity index is 3.16. The summed E-state index contributed by atoms with van der Waals surface area (Å²) in [6, 6.07) is 4.47. The van der Waals surface area contributed by atoms with Gasteiger partial charge >= 0.3 is 0 Å². The molecule has 0 aromatic heterocycles. The van der Waals surface area contributed by atoms with Crippen molar-refractivity contribution in [2.45, 2.75) is 13.0 Å². The van der Waals surface area contributed by atoms with E-state index in [4.69, 9.17) is 5.73 Å². The highest BCUT2D eigenvalue weighted by Crippen LogP contribution is 2.26. The Kier molecular flexibility index (Phi) is 4.91. The summed E-state index contributed by atoms with van der Waals surface area (Å²) in [5.41, 5.74) is 7.60. The zero-order valence-corrected chi connectivity index (χ0v) is 10.2. The van der Waals surface area contributed by atoms with Crippen LogP contribution in [0.2, 0.25) is 0 Å². The van der Waals surface area contributed by atoms with Crippen LogP contribution in [0.3, 0.4) is 0 Å². The third-order valence-electron chi connectivity index (χ3n) is 2.52. The Hall–Kier alpha value is -1.61. The Morgan fingerprint density at radius 3 is 2.41 bits per heavy atom. The van der Waals surface area contributed by atoms with Gasteiger partial charge in [0.05, 0.1) is 0 Å². The number of nitrogens with two attached hydrogens (primary N) is 1. The second kappa shape index (κ2) is 6.21. The van der Waals surface area contributed by atoms with Gasteiger partial charge in [0.2, 0.25) is 0 Å². The number of hydrogen-bond donors (Lipinski definition) is 1. The highest BCUT2D eigenvalue weighted by atomic mass is 19.1. The number of hydrogen-bond acceptors (Lipinski definition) is 2. The molecule has 0 radical (unpaired) electrons. The number of halogens is 1. The third-order valence-corrected chi connectivity index (χ3v) is 2.52. The van der Waals surface area contributed by atoms with Gasteiger partial charge < -0.3 is 10.6 Å². The smallest absolute Gasteiger partial charge is 0.123 e. The zero-order valence-electron chi connectivity index (χ0n) is 10.2. The second-order valence-electron chi connectivity index (χ2n) is 3.97. The fourth-order valence-electron chi connectivity index (χ4n) is 1.76. The molecule has 0 fully saturated rings. The molecule has 0 saturated carbocycles. The first kappa shape index (κ1) is 13.5. The van der Waals surface area contributed by atoms with Crippen LogP contribution in [0.4, 0.5) is 10.1 Å². The first-order valence-corrected chi connectivity index (χ1v) is 5.62. The minimum Gasteiger partial charge on any atom is -0.364 e. The van der Waals surface area contributed by atoms with E-state index in [0.29, 0.717) is 13.1 Å². The number of nitrogens with zero attached hydrogens (tertiary/aromatic N) is 1. The monoisotopic (exact) mass is 234 g/mol. The lowest BCUT2D eigenvalue weighted by atomic mass is 10.1. The van der Waals surface area contributed by atoms with Gasteiger partial charge in [-0.15, -0.1) is 13.2 Å². The van der Waals surface area contributed by atoms with Crippen molar-refractivity contribution >= 4 is 5.69 Å². The molecule has 0 aliphatic rings. The van der Waals surface area contributed by atoms with Crippen molar-refractivity contribution in [3.63, 3.8) is 0 Å². The van der Waals surface area contributed by atoms with E-state index in [9.17, 15) is 4.39 Å². The molecule has 1 aromatic carbocycles. The molecule has 92 valence electrons. The van der Waals surface area contributed by atoms with Crippen LogP contribution in [0.1, 0.15) is 18.5 Å². The predicted molar refractivity (Wildman–Crippen MR) is 71.6 cm³/mol. The first-order valence-electron chi connectivity index (χ1n) is 5.62. The Morgan fingerprint density at radius 2 is 1.94 bits per heavy atom. The van der Waals surface area contributed by atoms with Gasteiger partial charge in [-0.25, -0.2) is 4.39 Å². The average Bonchev–Trinajstić information content (AvgIpc) is 2.28.